The lowest BCUT2D eigenvalue weighted by Gasteiger charge is -2.21. The van der Waals surface area contributed by atoms with Crippen LogP contribution in [0.5, 0.6) is 0 Å². The Kier molecular flexibility index (Phi) is 7.41. The molecule has 2 atom stereocenters. The molecule has 1 aromatic heterocycles. The van der Waals surface area contributed by atoms with E-state index in [9.17, 15) is 23.5 Å². The molecule has 0 saturated heterocycles. The molecule has 10 heteroatoms. The van der Waals surface area contributed by atoms with Crippen molar-refractivity contribution in [1.29, 1.82) is 0 Å². The van der Waals surface area contributed by atoms with Gasteiger partial charge in [0.1, 0.15) is 12.1 Å². The molecule has 152 valence electrons. The molecule has 0 aliphatic rings. The zero-order valence-electron chi connectivity index (χ0n) is 15.4. The van der Waals surface area contributed by atoms with Crippen LogP contribution in [0.2, 0.25) is 0 Å². The number of nitrogens with two attached hydrogens (primary N) is 1. The van der Waals surface area contributed by atoms with E-state index >= 15 is 0 Å². The van der Waals surface area contributed by atoms with Gasteiger partial charge in [0.05, 0.1) is 6.54 Å². The van der Waals surface area contributed by atoms with Crippen LogP contribution in [-0.4, -0.2) is 34.1 Å². The van der Waals surface area contributed by atoms with Crippen LogP contribution in [0.15, 0.2) is 24.4 Å². The zero-order chi connectivity index (χ0) is 20.8. The van der Waals surface area contributed by atoms with Gasteiger partial charge in [-0.1, -0.05) is 19.9 Å². The number of thiazole rings is 1. The van der Waals surface area contributed by atoms with Gasteiger partial charge in [-0.25, -0.2) is 13.8 Å². The summed E-state index contributed by atoms with van der Waals surface area (Å²) in [6.45, 7) is 3.45. The number of benzene rings is 1. The predicted molar refractivity (Wildman–Crippen MR) is 101 cm³/mol. The van der Waals surface area contributed by atoms with Gasteiger partial charge in [-0.05, 0) is 23.6 Å². The molecule has 0 aliphatic carbocycles. The van der Waals surface area contributed by atoms with Crippen LogP contribution >= 0.6 is 11.3 Å². The molecule has 2 rings (SSSR count). The van der Waals surface area contributed by atoms with Gasteiger partial charge in [0.15, 0.2) is 16.8 Å². The van der Waals surface area contributed by atoms with Crippen molar-refractivity contribution in [3.63, 3.8) is 0 Å². The molecule has 1 heterocycles. The summed E-state index contributed by atoms with van der Waals surface area (Å²) in [5.41, 5.74) is 5.86. The van der Waals surface area contributed by atoms with Crippen LogP contribution in [0, 0.1) is 17.6 Å². The fourth-order valence-electron chi connectivity index (χ4n) is 2.37. The number of aromatic nitrogens is 1. The molecule has 2 aromatic rings. The van der Waals surface area contributed by atoms with E-state index in [-0.39, 0.29) is 18.9 Å². The maximum absolute atomic E-state index is 13.5. The largest absolute Gasteiger partial charge is 0.383 e. The number of rotatable bonds is 8. The molecule has 0 aliphatic heterocycles. The Bertz CT molecular complexity index is 844. The molecule has 0 radical (unpaired) electrons. The second-order valence-corrected chi connectivity index (χ2v) is 7.73. The summed E-state index contributed by atoms with van der Waals surface area (Å²) in [6.07, 6.45) is 0.137. The third kappa shape index (κ3) is 5.96. The number of nitrogens with one attached hydrogen (secondary N) is 2. The van der Waals surface area contributed by atoms with Crippen LogP contribution in [0.1, 0.15) is 24.3 Å². The summed E-state index contributed by atoms with van der Waals surface area (Å²) >= 11 is 1.21. The first-order chi connectivity index (χ1) is 13.2. The molecule has 5 N–H and O–H groups in total. The number of aliphatic hydroxyl groups excluding tert-OH is 1. The first kappa shape index (κ1) is 21.7. The molecule has 0 fully saturated rings. The highest BCUT2D eigenvalue weighted by Crippen LogP contribution is 2.14. The lowest BCUT2D eigenvalue weighted by atomic mass is 10.0. The van der Waals surface area contributed by atoms with E-state index in [1.807, 2.05) is 0 Å². The maximum Gasteiger partial charge on any atom is 0.249 e. The highest BCUT2D eigenvalue weighted by atomic mass is 32.1. The maximum atomic E-state index is 13.5. The molecular formula is C18H22F2N4O3S. The van der Waals surface area contributed by atoms with E-state index < -0.39 is 35.6 Å². The van der Waals surface area contributed by atoms with Gasteiger partial charge in [-0.3, -0.25) is 9.59 Å². The van der Waals surface area contributed by atoms with E-state index in [1.54, 1.807) is 13.8 Å². The Labute approximate surface area is 165 Å². The Balaban J connectivity index is 2.12. The minimum Gasteiger partial charge on any atom is -0.383 e. The Morgan fingerprint density at radius 1 is 1.25 bits per heavy atom. The second kappa shape index (κ2) is 9.56. The van der Waals surface area contributed by atoms with Crippen LogP contribution in [0.4, 0.5) is 13.9 Å². The number of nitrogens with zero attached hydrogens (tertiary/aromatic N) is 1. The van der Waals surface area contributed by atoms with E-state index in [4.69, 9.17) is 5.73 Å². The SMILES string of the molecule is CC(C)[C@H](O)C(=O)N[C@@H](Cc1ccc(F)c(F)c1)C(=O)NCc1cnc(N)s1. The molecule has 28 heavy (non-hydrogen) atoms. The second-order valence-electron chi connectivity index (χ2n) is 6.59. The van der Waals surface area contributed by atoms with E-state index in [1.165, 1.54) is 23.6 Å². The molecule has 2 amide bonds. The molecule has 0 unspecified atom stereocenters. The Morgan fingerprint density at radius 3 is 2.54 bits per heavy atom. The first-order valence-electron chi connectivity index (χ1n) is 8.57. The lowest BCUT2D eigenvalue weighted by Crippen LogP contribution is -2.51. The smallest absolute Gasteiger partial charge is 0.249 e. The third-order valence-electron chi connectivity index (χ3n) is 3.97. The summed E-state index contributed by atoms with van der Waals surface area (Å²) in [5.74, 6) is -3.68. The first-order valence-corrected chi connectivity index (χ1v) is 9.39. The monoisotopic (exact) mass is 412 g/mol. The molecule has 0 spiro atoms. The van der Waals surface area contributed by atoms with E-state index in [2.05, 4.69) is 15.6 Å². The van der Waals surface area contributed by atoms with Crippen LogP contribution in [0.3, 0.4) is 0 Å². The number of nitrogen functional groups attached to an aromatic ring is 1. The number of anilines is 1. The van der Waals surface area contributed by atoms with Gasteiger partial charge in [0.2, 0.25) is 11.8 Å². The minimum atomic E-state index is -1.30. The standard InChI is InChI=1S/C18H22F2N4O3S/c1-9(2)15(25)17(27)24-14(6-10-3-4-12(19)13(20)5-10)16(26)22-7-11-8-23-18(21)28-11/h3-5,8-9,14-15,25H,6-7H2,1-2H3,(H2,21,23)(H,22,26)(H,24,27)/t14-,15-/m0/s1. The average molecular weight is 412 g/mol. The van der Waals surface area contributed by atoms with Gasteiger partial charge in [-0.2, -0.15) is 0 Å². The lowest BCUT2D eigenvalue weighted by molar-refractivity contribution is -0.135. The molecule has 1 aromatic carbocycles. The van der Waals surface area contributed by atoms with E-state index in [0.717, 1.165) is 12.1 Å². The number of aliphatic hydroxyl groups is 1. The number of hydrogen-bond donors (Lipinski definition) is 4. The fourth-order valence-corrected chi connectivity index (χ4v) is 3.00. The highest BCUT2D eigenvalue weighted by Gasteiger charge is 2.26. The van der Waals surface area contributed by atoms with Crippen LogP contribution < -0.4 is 16.4 Å². The average Bonchev–Trinajstić information content (AvgIpc) is 3.06. The van der Waals surface area contributed by atoms with Crippen molar-refractivity contribution in [2.45, 2.75) is 39.0 Å². The van der Waals surface area contributed by atoms with Gasteiger partial charge >= 0.3 is 0 Å². The summed E-state index contributed by atoms with van der Waals surface area (Å²) in [6, 6.07) is 2.15. The van der Waals surface area contributed by atoms with Crippen molar-refractivity contribution in [1.82, 2.24) is 15.6 Å². The van der Waals surface area contributed by atoms with Crippen molar-refractivity contribution in [2.24, 2.45) is 5.92 Å². The summed E-state index contributed by atoms with van der Waals surface area (Å²) in [4.78, 5) is 29.4. The van der Waals surface area contributed by atoms with Gasteiger partial charge in [0.25, 0.3) is 0 Å². The van der Waals surface area contributed by atoms with E-state index in [0.29, 0.717) is 15.6 Å². The van der Waals surface area contributed by atoms with Gasteiger partial charge in [0, 0.05) is 17.5 Å². The quantitative estimate of drug-likeness (QED) is 0.522. The number of carbonyl (C=O) groups excluding carboxylic acids is 2. The molecular weight excluding hydrogens is 390 g/mol. The molecule has 7 nitrogen and oxygen atoms in total. The van der Waals surface area contributed by atoms with Crippen molar-refractivity contribution in [3.05, 3.63) is 46.5 Å². The van der Waals surface area contributed by atoms with Crippen molar-refractivity contribution in [2.75, 3.05) is 5.73 Å². The highest BCUT2D eigenvalue weighted by molar-refractivity contribution is 7.15. The topological polar surface area (TPSA) is 117 Å². The number of amides is 2. The Morgan fingerprint density at radius 2 is 1.96 bits per heavy atom. The predicted octanol–water partition coefficient (Wildman–Crippen LogP) is 1.36. The van der Waals surface area contributed by atoms with Gasteiger partial charge < -0.3 is 21.5 Å². The van der Waals surface area contributed by atoms with Crippen molar-refractivity contribution < 1.29 is 23.5 Å². The van der Waals surface area contributed by atoms with Crippen LogP contribution in [-0.2, 0) is 22.6 Å². The number of halogens is 2. The fraction of sp³-hybridized carbons (Fsp3) is 0.389. The summed E-state index contributed by atoms with van der Waals surface area (Å²) < 4.78 is 26.6. The van der Waals surface area contributed by atoms with Crippen molar-refractivity contribution >= 4 is 28.3 Å². The van der Waals surface area contributed by atoms with Crippen LogP contribution in [0.25, 0.3) is 0 Å². The third-order valence-corrected chi connectivity index (χ3v) is 4.79. The van der Waals surface area contributed by atoms with Gasteiger partial charge in [-0.15, -0.1) is 11.3 Å². The zero-order valence-corrected chi connectivity index (χ0v) is 16.2. The summed E-state index contributed by atoms with van der Waals surface area (Å²) in [7, 11) is 0. The molecule has 0 bridgehead atoms. The Hall–Kier alpha value is -2.59. The number of hydrogen-bond acceptors (Lipinski definition) is 6. The number of carbonyl (C=O) groups is 2. The van der Waals surface area contributed by atoms with Crippen molar-refractivity contribution in [3.8, 4) is 0 Å². The minimum absolute atomic E-state index is 0.0790. The molecule has 0 saturated carbocycles. The summed E-state index contributed by atoms with van der Waals surface area (Å²) in [5, 5.41) is 15.4. The normalized spacial score (nSPS) is 13.2.